The number of hydrogen-bond donors (Lipinski definition) is 0. The second-order valence-corrected chi connectivity index (χ2v) is 3.68. The van der Waals surface area contributed by atoms with Crippen LogP contribution >= 0.6 is 11.6 Å². The zero-order chi connectivity index (χ0) is 9.31. The topological polar surface area (TPSA) is 26.3 Å². The van der Waals surface area contributed by atoms with E-state index in [1.165, 1.54) is 0 Å². The number of rotatable bonds is 1. The summed E-state index contributed by atoms with van der Waals surface area (Å²) in [5.74, 6) is -0.223. The first-order valence-electron chi connectivity index (χ1n) is 4.17. The molecule has 0 radical (unpaired) electrons. The number of carbonyl (C=O) groups is 1. The number of ether oxygens (including phenoxy) is 1. The third kappa shape index (κ3) is 1.54. The molecule has 0 aliphatic carbocycles. The van der Waals surface area contributed by atoms with E-state index < -0.39 is 5.06 Å². The van der Waals surface area contributed by atoms with E-state index in [9.17, 15) is 4.79 Å². The van der Waals surface area contributed by atoms with Gasteiger partial charge in [-0.1, -0.05) is 41.9 Å². The van der Waals surface area contributed by atoms with Gasteiger partial charge in [0.2, 0.25) is 5.06 Å². The van der Waals surface area contributed by atoms with Crippen molar-refractivity contribution in [3.8, 4) is 0 Å². The molecule has 68 valence electrons. The first kappa shape index (κ1) is 8.57. The highest BCUT2D eigenvalue weighted by Gasteiger charge is 2.39. The van der Waals surface area contributed by atoms with Crippen LogP contribution in [0.25, 0.3) is 0 Å². The number of benzene rings is 1. The summed E-state index contributed by atoms with van der Waals surface area (Å²) in [6.07, 6.45) is 0.954. The standard InChI is InChI=1S/C10H9ClO2/c11-10(7-6-9(12)13-10)8-4-2-1-3-5-8/h1-5H,6-7H2. The summed E-state index contributed by atoms with van der Waals surface area (Å²) in [6, 6.07) is 9.40. The molecule has 0 amide bonds. The van der Waals surface area contributed by atoms with Crippen LogP contribution < -0.4 is 0 Å². The van der Waals surface area contributed by atoms with Crippen molar-refractivity contribution in [2.45, 2.75) is 17.9 Å². The minimum absolute atomic E-state index is 0.223. The third-order valence-electron chi connectivity index (χ3n) is 2.13. The molecule has 13 heavy (non-hydrogen) atoms. The van der Waals surface area contributed by atoms with Crippen LogP contribution in [0.2, 0.25) is 0 Å². The summed E-state index contributed by atoms with van der Waals surface area (Å²) in [6.45, 7) is 0. The maximum absolute atomic E-state index is 10.9. The molecule has 1 atom stereocenters. The number of carbonyl (C=O) groups excluding carboxylic acids is 1. The lowest BCUT2D eigenvalue weighted by molar-refractivity contribution is -0.143. The van der Waals surface area contributed by atoms with E-state index in [-0.39, 0.29) is 5.97 Å². The van der Waals surface area contributed by atoms with E-state index in [4.69, 9.17) is 16.3 Å². The van der Waals surface area contributed by atoms with Gasteiger partial charge in [0.1, 0.15) is 0 Å². The monoisotopic (exact) mass is 196 g/mol. The van der Waals surface area contributed by atoms with Gasteiger partial charge in [0.25, 0.3) is 0 Å². The smallest absolute Gasteiger partial charge is 0.307 e. The van der Waals surface area contributed by atoms with Gasteiger partial charge in [0.05, 0.1) is 6.42 Å². The summed E-state index contributed by atoms with van der Waals surface area (Å²) >= 11 is 6.15. The predicted molar refractivity (Wildman–Crippen MR) is 49.3 cm³/mol. The Bertz CT molecular complexity index is 323. The van der Waals surface area contributed by atoms with Gasteiger partial charge in [-0.25, -0.2) is 0 Å². The summed E-state index contributed by atoms with van der Waals surface area (Å²) < 4.78 is 5.06. The fourth-order valence-electron chi connectivity index (χ4n) is 1.44. The molecule has 2 nitrogen and oxygen atoms in total. The Morgan fingerprint density at radius 3 is 2.54 bits per heavy atom. The van der Waals surface area contributed by atoms with E-state index in [1.807, 2.05) is 30.3 Å². The van der Waals surface area contributed by atoms with Crippen molar-refractivity contribution >= 4 is 17.6 Å². The molecule has 1 aliphatic rings. The van der Waals surface area contributed by atoms with Gasteiger partial charge in [-0.2, -0.15) is 0 Å². The zero-order valence-corrected chi connectivity index (χ0v) is 7.75. The molecule has 0 saturated carbocycles. The number of esters is 1. The minimum atomic E-state index is -0.918. The first-order valence-corrected chi connectivity index (χ1v) is 4.55. The SMILES string of the molecule is O=C1CCC(Cl)(c2ccccc2)O1. The van der Waals surface area contributed by atoms with E-state index in [0.717, 1.165) is 5.56 Å². The van der Waals surface area contributed by atoms with Crippen molar-refractivity contribution in [3.63, 3.8) is 0 Å². The predicted octanol–water partition coefficient (Wildman–Crippen LogP) is 2.42. The van der Waals surface area contributed by atoms with Crippen LogP contribution in [0.15, 0.2) is 30.3 Å². The number of cyclic esters (lactones) is 1. The fourth-order valence-corrected chi connectivity index (χ4v) is 1.74. The fraction of sp³-hybridized carbons (Fsp3) is 0.300. The molecule has 2 rings (SSSR count). The molecule has 0 spiro atoms. The lowest BCUT2D eigenvalue weighted by Crippen LogP contribution is -2.17. The van der Waals surface area contributed by atoms with Crippen LogP contribution in [0.5, 0.6) is 0 Å². The molecule has 1 saturated heterocycles. The molecule has 3 heteroatoms. The van der Waals surface area contributed by atoms with Crippen molar-refractivity contribution in [1.29, 1.82) is 0 Å². The van der Waals surface area contributed by atoms with E-state index in [0.29, 0.717) is 12.8 Å². The van der Waals surface area contributed by atoms with Gasteiger partial charge in [-0.3, -0.25) is 4.79 Å². The molecule has 0 bridgehead atoms. The van der Waals surface area contributed by atoms with Crippen LogP contribution in [0.1, 0.15) is 18.4 Å². The molecule has 1 fully saturated rings. The summed E-state index contributed by atoms with van der Waals surface area (Å²) in [4.78, 5) is 10.9. The number of halogens is 1. The number of alkyl halides is 1. The van der Waals surface area contributed by atoms with E-state index in [2.05, 4.69) is 0 Å². The zero-order valence-electron chi connectivity index (χ0n) is 7.00. The van der Waals surface area contributed by atoms with Crippen molar-refractivity contribution in [2.75, 3.05) is 0 Å². The Morgan fingerprint density at radius 2 is 2.00 bits per heavy atom. The molecule has 1 aliphatic heterocycles. The van der Waals surface area contributed by atoms with Gasteiger partial charge in [0, 0.05) is 12.0 Å². The van der Waals surface area contributed by atoms with Gasteiger partial charge in [0.15, 0.2) is 0 Å². The highest BCUT2D eigenvalue weighted by atomic mass is 35.5. The van der Waals surface area contributed by atoms with Crippen molar-refractivity contribution < 1.29 is 9.53 Å². The Labute approximate surface area is 81.5 Å². The summed E-state index contributed by atoms with van der Waals surface area (Å²) in [5, 5.41) is -0.918. The number of hydrogen-bond acceptors (Lipinski definition) is 2. The molecule has 1 unspecified atom stereocenters. The second kappa shape index (κ2) is 3.04. The van der Waals surface area contributed by atoms with E-state index >= 15 is 0 Å². The average Bonchev–Trinajstić information content (AvgIpc) is 2.49. The first-order chi connectivity index (χ1) is 6.21. The highest BCUT2D eigenvalue weighted by Crippen LogP contribution is 2.40. The molecule has 1 aromatic rings. The van der Waals surface area contributed by atoms with Crippen LogP contribution in [0, 0.1) is 0 Å². The Hall–Kier alpha value is -1.02. The van der Waals surface area contributed by atoms with Crippen LogP contribution in [-0.2, 0) is 14.6 Å². The lowest BCUT2D eigenvalue weighted by atomic mass is 10.1. The Balaban J connectivity index is 2.31. The van der Waals surface area contributed by atoms with Crippen molar-refractivity contribution in [3.05, 3.63) is 35.9 Å². The largest absolute Gasteiger partial charge is 0.439 e. The van der Waals surface area contributed by atoms with E-state index in [1.54, 1.807) is 0 Å². The summed E-state index contributed by atoms with van der Waals surface area (Å²) in [7, 11) is 0. The van der Waals surface area contributed by atoms with Crippen molar-refractivity contribution in [1.82, 2.24) is 0 Å². The van der Waals surface area contributed by atoms with Crippen molar-refractivity contribution in [2.24, 2.45) is 0 Å². The molecule has 1 heterocycles. The minimum Gasteiger partial charge on any atom is -0.439 e. The maximum atomic E-state index is 10.9. The Morgan fingerprint density at radius 1 is 1.31 bits per heavy atom. The molecular formula is C10H9ClO2. The lowest BCUT2D eigenvalue weighted by Gasteiger charge is -2.19. The quantitative estimate of drug-likeness (QED) is 0.509. The van der Waals surface area contributed by atoms with Crippen LogP contribution in [0.4, 0.5) is 0 Å². The highest BCUT2D eigenvalue weighted by molar-refractivity contribution is 6.24. The second-order valence-electron chi connectivity index (χ2n) is 3.07. The van der Waals surface area contributed by atoms with Crippen LogP contribution in [-0.4, -0.2) is 5.97 Å². The molecule has 0 aromatic heterocycles. The van der Waals surface area contributed by atoms with Gasteiger partial charge in [-0.05, 0) is 0 Å². The normalized spacial score (nSPS) is 27.3. The van der Waals surface area contributed by atoms with Crippen LogP contribution in [0.3, 0.4) is 0 Å². The molecule has 0 N–H and O–H groups in total. The summed E-state index contributed by atoms with van der Waals surface area (Å²) in [5.41, 5.74) is 0.850. The molecule has 1 aromatic carbocycles. The molecular weight excluding hydrogens is 188 g/mol. The van der Waals surface area contributed by atoms with Gasteiger partial charge in [-0.15, -0.1) is 0 Å². The maximum Gasteiger partial charge on any atom is 0.307 e. The average molecular weight is 197 g/mol. The van der Waals surface area contributed by atoms with Gasteiger partial charge < -0.3 is 4.74 Å². The van der Waals surface area contributed by atoms with Gasteiger partial charge >= 0.3 is 5.97 Å². The Kier molecular flexibility index (Phi) is 2.00. The third-order valence-corrected chi connectivity index (χ3v) is 2.62.